The first-order valence-corrected chi connectivity index (χ1v) is 7.42. The summed E-state index contributed by atoms with van der Waals surface area (Å²) >= 11 is 0. The Morgan fingerprint density at radius 1 is 1.21 bits per heavy atom. The summed E-state index contributed by atoms with van der Waals surface area (Å²) in [4.78, 5) is 0. The van der Waals surface area contributed by atoms with E-state index in [2.05, 4.69) is 63.3 Å². The van der Waals surface area contributed by atoms with Crippen LogP contribution in [0.2, 0.25) is 0 Å². The molecule has 0 aliphatic heterocycles. The van der Waals surface area contributed by atoms with Crippen LogP contribution < -0.4 is 5.32 Å². The second-order valence-electron chi connectivity index (χ2n) is 6.21. The molecule has 0 aliphatic carbocycles. The number of benzene rings is 1. The van der Waals surface area contributed by atoms with Gasteiger partial charge in [-0.1, -0.05) is 57.5 Å². The molecule has 19 heavy (non-hydrogen) atoms. The Morgan fingerprint density at radius 2 is 1.84 bits per heavy atom. The smallest absolute Gasteiger partial charge is 0.0664 e. The van der Waals surface area contributed by atoms with Gasteiger partial charge in [0.15, 0.2) is 0 Å². The lowest BCUT2D eigenvalue weighted by Crippen LogP contribution is -2.37. The molecule has 0 heterocycles. The molecule has 0 spiro atoms. The second kappa shape index (κ2) is 7.66. The average Bonchev–Trinajstić information content (AvgIpc) is 2.37. The quantitative estimate of drug-likeness (QED) is 0.752. The molecule has 2 atom stereocenters. The van der Waals surface area contributed by atoms with Crippen molar-refractivity contribution in [1.29, 1.82) is 0 Å². The van der Waals surface area contributed by atoms with Crippen molar-refractivity contribution in [3.63, 3.8) is 0 Å². The SMILES string of the molecule is CCCC(O)CNC(C)CC(C)(C)c1ccccc1. The van der Waals surface area contributed by atoms with Crippen LogP contribution in [0, 0.1) is 0 Å². The number of aliphatic hydroxyl groups is 1. The van der Waals surface area contributed by atoms with Crippen LogP contribution in [0.15, 0.2) is 30.3 Å². The highest BCUT2D eigenvalue weighted by atomic mass is 16.3. The minimum atomic E-state index is -0.215. The number of rotatable bonds is 8. The Kier molecular flexibility index (Phi) is 6.53. The van der Waals surface area contributed by atoms with Crippen LogP contribution in [-0.4, -0.2) is 23.8 Å². The lowest BCUT2D eigenvalue weighted by molar-refractivity contribution is 0.155. The molecule has 2 heteroatoms. The number of nitrogens with one attached hydrogen (secondary N) is 1. The van der Waals surface area contributed by atoms with Crippen LogP contribution in [0.4, 0.5) is 0 Å². The maximum atomic E-state index is 9.75. The van der Waals surface area contributed by atoms with Gasteiger partial charge < -0.3 is 10.4 Å². The Balaban J connectivity index is 2.45. The summed E-state index contributed by atoms with van der Waals surface area (Å²) in [7, 11) is 0. The van der Waals surface area contributed by atoms with E-state index in [9.17, 15) is 5.11 Å². The number of hydrogen-bond acceptors (Lipinski definition) is 2. The fourth-order valence-corrected chi connectivity index (χ4v) is 2.62. The van der Waals surface area contributed by atoms with Crippen molar-refractivity contribution in [1.82, 2.24) is 5.32 Å². The van der Waals surface area contributed by atoms with Crippen LogP contribution in [0.1, 0.15) is 52.5 Å². The predicted octanol–water partition coefficient (Wildman–Crippen LogP) is 3.49. The molecule has 0 amide bonds. The van der Waals surface area contributed by atoms with Crippen LogP contribution in [0.3, 0.4) is 0 Å². The zero-order valence-corrected chi connectivity index (χ0v) is 12.8. The Labute approximate surface area is 118 Å². The lowest BCUT2D eigenvalue weighted by atomic mass is 9.79. The molecular weight excluding hydrogens is 234 g/mol. The van der Waals surface area contributed by atoms with Gasteiger partial charge in [-0.15, -0.1) is 0 Å². The Bertz CT molecular complexity index is 348. The normalized spacial score (nSPS) is 15.2. The van der Waals surface area contributed by atoms with E-state index in [0.29, 0.717) is 12.6 Å². The van der Waals surface area contributed by atoms with Gasteiger partial charge in [0, 0.05) is 12.6 Å². The van der Waals surface area contributed by atoms with Crippen LogP contribution in [-0.2, 0) is 5.41 Å². The van der Waals surface area contributed by atoms with Crippen molar-refractivity contribution in [3.8, 4) is 0 Å². The summed E-state index contributed by atoms with van der Waals surface area (Å²) in [6.45, 7) is 9.56. The highest BCUT2D eigenvalue weighted by Crippen LogP contribution is 2.28. The zero-order valence-electron chi connectivity index (χ0n) is 12.8. The van der Waals surface area contributed by atoms with Crippen molar-refractivity contribution >= 4 is 0 Å². The van der Waals surface area contributed by atoms with E-state index in [1.165, 1.54) is 5.56 Å². The van der Waals surface area contributed by atoms with E-state index in [1.807, 2.05) is 0 Å². The third-order valence-corrected chi connectivity index (χ3v) is 3.70. The van der Waals surface area contributed by atoms with Gasteiger partial charge in [-0.2, -0.15) is 0 Å². The van der Waals surface area contributed by atoms with E-state index in [4.69, 9.17) is 0 Å². The minimum absolute atomic E-state index is 0.156. The third kappa shape index (κ3) is 5.75. The van der Waals surface area contributed by atoms with Gasteiger partial charge in [0.25, 0.3) is 0 Å². The summed E-state index contributed by atoms with van der Waals surface area (Å²) < 4.78 is 0. The summed E-state index contributed by atoms with van der Waals surface area (Å²) in [5, 5.41) is 13.2. The Hall–Kier alpha value is -0.860. The van der Waals surface area contributed by atoms with E-state index < -0.39 is 0 Å². The second-order valence-corrected chi connectivity index (χ2v) is 6.21. The van der Waals surface area contributed by atoms with E-state index >= 15 is 0 Å². The molecule has 1 aromatic rings. The van der Waals surface area contributed by atoms with Crippen LogP contribution in [0.5, 0.6) is 0 Å². The van der Waals surface area contributed by atoms with Gasteiger partial charge >= 0.3 is 0 Å². The molecule has 0 saturated heterocycles. The van der Waals surface area contributed by atoms with Gasteiger partial charge in [-0.05, 0) is 30.7 Å². The highest BCUT2D eigenvalue weighted by Gasteiger charge is 2.23. The summed E-state index contributed by atoms with van der Waals surface area (Å²) in [6.07, 6.45) is 2.76. The van der Waals surface area contributed by atoms with E-state index in [1.54, 1.807) is 0 Å². The monoisotopic (exact) mass is 263 g/mol. The fourth-order valence-electron chi connectivity index (χ4n) is 2.62. The van der Waals surface area contributed by atoms with Gasteiger partial charge in [0.2, 0.25) is 0 Å². The first-order chi connectivity index (χ1) is 8.95. The summed E-state index contributed by atoms with van der Waals surface area (Å²) in [6, 6.07) is 11.0. The standard InChI is InChI=1S/C17H29NO/c1-5-9-16(19)13-18-14(2)12-17(3,4)15-10-7-6-8-11-15/h6-8,10-11,14,16,18-19H,5,9,12-13H2,1-4H3. The first kappa shape index (κ1) is 16.2. The molecule has 0 radical (unpaired) electrons. The van der Waals surface area contributed by atoms with Crippen molar-refractivity contribution in [2.75, 3.05) is 6.54 Å². The van der Waals surface area contributed by atoms with E-state index in [-0.39, 0.29) is 11.5 Å². The number of hydrogen-bond donors (Lipinski definition) is 2. The van der Waals surface area contributed by atoms with Gasteiger partial charge in [0.1, 0.15) is 0 Å². The van der Waals surface area contributed by atoms with Crippen LogP contribution >= 0.6 is 0 Å². The maximum absolute atomic E-state index is 9.75. The first-order valence-electron chi connectivity index (χ1n) is 7.42. The number of aliphatic hydroxyl groups excluding tert-OH is 1. The molecule has 2 N–H and O–H groups in total. The summed E-state index contributed by atoms with van der Waals surface area (Å²) in [5.41, 5.74) is 1.53. The van der Waals surface area contributed by atoms with Gasteiger partial charge in [-0.3, -0.25) is 0 Å². The molecular formula is C17H29NO. The molecule has 1 rings (SSSR count). The topological polar surface area (TPSA) is 32.3 Å². The fraction of sp³-hybridized carbons (Fsp3) is 0.647. The maximum Gasteiger partial charge on any atom is 0.0664 e. The Morgan fingerprint density at radius 3 is 2.42 bits per heavy atom. The minimum Gasteiger partial charge on any atom is -0.392 e. The molecule has 1 aromatic carbocycles. The van der Waals surface area contributed by atoms with Crippen LogP contribution in [0.25, 0.3) is 0 Å². The average molecular weight is 263 g/mol. The van der Waals surface area contributed by atoms with Crippen molar-refractivity contribution in [3.05, 3.63) is 35.9 Å². The third-order valence-electron chi connectivity index (χ3n) is 3.70. The van der Waals surface area contributed by atoms with E-state index in [0.717, 1.165) is 19.3 Å². The van der Waals surface area contributed by atoms with Crippen molar-refractivity contribution < 1.29 is 5.11 Å². The largest absolute Gasteiger partial charge is 0.392 e. The van der Waals surface area contributed by atoms with Crippen molar-refractivity contribution in [2.45, 2.75) is 64.5 Å². The molecule has 108 valence electrons. The molecule has 0 aromatic heterocycles. The van der Waals surface area contributed by atoms with Crippen molar-refractivity contribution in [2.24, 2.45) is 0 Å². The zero-order chi connectivity index (χ0) is 14.3. The lowest BCUT2D eigenvalue weighted by Gasteiger charge is -2.29. The van der Waals surface area contributed by atoms with Gasteiger partial charge in [-0.25, -0.2) is 0 Å². The molecule has 0 aliphatic rings. The van der Waals surface area contributed by atoms with Gasteiger partial charge in [0.05, 0.1) is 6.10 Å². The molecule has 0 saturated carbocycles. The molecule has 0 bridgehead atoms. The molecule has 2 unspecified atom stereocenters. The predicted molar refractivity (Wildman–Crippen MR) is 82.5 cm³/mol. The summed E-state index contributed by atoms with van der Waals surface area (Å²) in [5.74, 6) is 0. The highest BCUT2D eigenvalue weighted by molar-refractivity contribution is 5.23. The molecule has 2 nitrogen and oxygen atoms in total. The molecule has 0 fully saturated rings.